The second kappa shape index (κ2) is 7.65. The SMILES string of the molecule is CCc1nnc(NC(=O)N2CCOC(c3ccc(Cl)c(Cl)c3)C2)s1. The Morgan fingerprint density at radius 1 is 1.42 bits per heavy atom. The summed E-state index contributed by atoms with van der Waals surface area (Å²) in [5.41, 5.74) is 0.895. The van der Waals surface area contributed by atoms with Crippen LogP contribution in [0, 0.1) is 0 Å². The number of benzene rings is 1. The van der Waals surface area contributed by atoms with E-state index in [0.717, 1.165) is 17.0 Å². The van der Waals surface area contributed by atoms with E-state index in [-0.39, 0.29) is 12.1 Å². The Morgan fingerprint density at radius 3 is 2.96 bits per heavy atom. The summed E-state index contributed by atoms with van der Waals surface area (Å²) < 4.78 is 5.76. The maximum Gasteiger partial charge on any atom is 0.323 e. The maximum absolute atomic E-state index is 12.4. The van der Waals surface area contributed by atoms with E-state index < -0.39 is 0 Å². The minimum absolute atomic E-state index is 0.206. The molecular weight excluding hydrogens is 371 g/mol. The van der Waals surface area contributed by atoms with Gasteiger partial charge in [-0.1, -0.05) is 47.5 Å². The number of anilines is 1. The smallest absolute Gasteiger partial charge is 0.323 e. The lowest BCUT2D eigenvalue weighted by Gasteiger charge is -2.33. The zero-order valence-corrected chi connectivity index (χ0v) is 15.3. The topological polar surface area (TPSA) is 67.4 Å². The summed E-state index contributed by atoms with van der Waals surface area (Å²) in [7, 11) is 0. The van der Waals surface area contributed by atoms with Crippen LogP contribution in [0.2, 0.25) is 10.0 Å². The van der Waals surface area contributed by atoms with E-state index in [1.807, 2.05) is 13.0 Å². The number of hydrogen-bond acceptors (Lipinski definition) is 5. The number of morpholine rings is 1. The molecule has 0 aliphatic carbocycles. The van der Waals surface area contributed by atoms with E-state index in [1.54, 1.807) is 17.0 Å². The van der Waals surface area contributed by atoms with Crippen LogP contribution in [0.5, 0.6) is 0 Å². The Kier molecular flexibility index (Phi) is 5.55. The van der Waals surface area contributed by atoms with E-state index in [1.165, 1.54) is 11.3 Å². The van der Waals surface area contributed by atoms with Gasteiger partial charge in [0.2, 0.25) is 5.13 Å². The molecule has 3 rings (SSSR count). The number of amides is 2. The van der Waals surface area contributed by atoms with Gasteiger partial charge in [-0.25, -0.2) is 4.79 Å². The van der Waals surface area contributed by atoms with Crippen LogP contribution < -0.4 is 5.32 Å². The van der Waals surface area contributed by atoms with Crippen molar-refractivity contribution in [3.8, 4) is 0 Å². The number of carbonyl (C=O) groups is 1. The average Bonchev–Trinajstić information content (AvgIpc) is 3.05. The van der Waals surface area contributed by atoms with Crippen LogP contribution in [0.4, 0.5) is 9.93 Å². The monoisotopic (exact) mass is 386 g/mol. The number of rotatable bonds is 3. The summed E-state index contributed by atoms with van der Waals surface area (Å²) in [5.74, 6) is 0. The van der Waals surface area contributed by atoms with E-state index in [2.05, 4.69) is 15.5 Å². The molecule has 2 amide bonds. The molecule has 1 aliphatic rings. The Morgan fingerprint density at radius 2 is 2.25 bits per heavy atom. The second-order valence-corrected chi connectivity index (χ2v) is 7.14. The number of carbonyl (C=O) groups excluding carboxylic acids is 1. The summed E-state index contributed by atoms with van der Waals surface area (Å²) in [6.07, 6.45) is 0.560. The molecule has 6 nitrogen and oxygen atoms in total. The second-order valence-electron chi connectivity index (χ2n) is 5.26. The molecule has 1 N–H and O–H groups in total. The van der Waals surface area contributed by atoms with Crippen molar-refractivity contribution in [2.75, 3.05) is 25.0 Å². The number of halogens is 2. The predicted molar refractivity (Wildman–Crippen MR) is 95.0 cm³/mol. The van der Waals surface area contributed by atoms with Gasteiger partial charge < -0.3 is 9.64 Å². The van der Waals surface area contributed by atoms with Crippen molar-refractivity contribution in [3.63, 3.8) is 0 Å². The van der Waals surface area contributed by atoms with Crippen LogP contribution in [0.15, 0.2) is 18.2 Å². The van der Waals surface area contributed by atoms with Gasteiger partial charge in [0.1, 0.15) is 11.1 Å². The van der Waals surface area contributed by atoms with E-state index in [0.29, 0.717) is 34.9 Å². The summed E-state index contributed by atoms with van der Waals surface area (Å²) in [6, 6.07) is 5.16. The van der Waals surface area contributed by atoms with Crippen molar-refractivity contribution in [1.29, 1.82) is 0 Å². The molecule has 128 valence electrons. The van der Waals surface area contributed by atoms with Crippen LogP contribution >= 0.6 is 34.5 Å². The first-order chi connectivity index (χ1) is 11.6. The van der Waals surface area contributed by atoms with Gasteiger partial charge in [-0.15, -0.1) is 10.2 Å². The third-order valence-electron chi connectivity index (χ3n) is 3.65. The van der Waals surface area contributed by atoms with Gasteiger partial charge in [0.25, 0.3) is 0 Å². The number of hydrogen-bond donors (Lipinski definition) is 1. The third kappa shape index (κ3) is 3.97. The van der Waals surface area contributed by atoms with Crippen LogP contribution in [-0.4, -0.2) is 40.8 Å². The quantitative estimate of drug-likeness (QED) is 0.864. The van der Waals surface area contributed by atoms with Gasteiger partial charge in [0.15, 0.2) is 0 Å². The third-order valence-corrected chi connectivity index (χ3v) is 5.37. The lowest BCUT2D eigenvalue weighted by atomic mass is 10.1. The Balaban J connectivity index is 1.66. The Labute approximate surface area is 153 Å². The number of ether oxygens (including phenoxy) is 1. The van der Waals surface area contributed by atoms with Gasteiger partial charge in [0, 0.05) is 6.54 Å². The van der Waals surface area contributed by atoms with Crippen molar-refractivity contribution in [3.05, 3.63) is 38.8 Å². The van der Waals surface area contributed by atoms with Gasteiger partial charge in [-0.3, -0.25) is 5.32 Å². The normalized spacial score (nSPS) is 17.8. The molecule has 1 saturated heterocycles. The van der Waals surface area contributed by atoms with Crippen molar-refractivity contribution in [2.24, 2.45) is 0 Å². The van der Waals surface area contributed by atoms with Crippen LogP contribution in [0.25, 0.3) is 0 Å². The summed E-state index contributed by atoms with van der Waals surface area (Å²) in [6.45, 7) is 3.40. The van der Waals surface area contributed by atoms with Crippen LogP contribution in [-0.2, 0) is 11.2 Å². The van der Waals surface area contributed by atoms with Crippen molar-refractivity contribution in [2.45, 2.75) is 19.4 Å². The summed E-state index contributed by atoms with van der Waals surface area (Å²) in [4.78, 5) is 14.1. The zero-order chi connectivity index (χ0) is 17.1. The van der Waals surface area contributed by atoms with Crippen LogP contribution in [0.1, 0.15) is 23.6 Å². The minimum Gasteiger partial charge on any atom is -0.370 e. The highest BCUT2D eigenvalue weighted by molar-refractivity contribution is 7.15. The molecule has 0 saturated carbocycles. The molecule has 0 bridgehead atoms. The van der Waals surface area contributed by atoms with Gasteiger partial charge in [-0.2, -0.15) is 0 Å². The summed E-state index contributed by atoms with van der Waals surface area (Å²) in [5, 5.41) is 13.1. The number of aromatic nitrogens is 2. The zero-order valence-electron chi connectivity index (χ0n) is 13.0. The molecule has 1 unspecified atom stereocenters. The van der Waals surface area contributed by atoms with Gasteiger partial charge in [-0.05, 0) is 24.1 Å². The fourth-order valence-corrected chi connectivity index (χ4v) is 3.34. The molecule has 1 fully saturated rings. The largest absolute Gasteiger partial charge is 0.370 e. The van der Waals surface area contributed by atoms with Crippen LogP contribution in [0.3, 0.4) is 0 Å². The lowest BCUT2D eigenvalue weighted by Crippen LogP contribution is -2.44. The molecular formula is C15H16Cl2N4O2S. The number of nitrogens with one attached hydrogen (secondary N) is 1. The summed E-state index contributed by atoms with van der Waals surface area (Å²) >= 11 is 13.4. The molecule has 9 heteroatoms. The first-order valence-electron chi connectivity index (χ1n) is 7.51. The number of urea groups is 1. The first-order valence-corrected chi connectivity index (χ1v) is 9.09. The molecule has 24 heavy (non-hydrogen) atoms. The first kappa shape index (κ1) is 17.4. The Hall–Kier alpha value is -1.41. The van der Waals surface area contributed by atoms with Crippen molar-refractivity contribution in [1.82, 2.24) is 15.1 Å². The van der Waals surface area contributed by atoms with E-state index in [4.69, 9.17) is 27.9 Å². The average molecular weight is 387 g/mol. The van der Waals surface area contributed by atoms with E-state index >= 15 is 0 Å². The number of nitrogens with zero attached hydrogens (tertiary/aromatic N) is 3. The minimum atomic E-state index is -0.236. The highest BCUT2D eigenvalue weighted by Gasteiger charge is 2.26. The lowest BCUT2D eigenvalue weighted by molar-refractivity contribution is -0.0135. The molecule has 2 aromatic rings. The maximum atomic E-state index is 12.4. The molecule has 2 heterocycles. The van der Waals surface area contributed by atoms with E-state index in [9.17, 15) is 4.79 Å². The number of aryl methyl sites for hydroxylation is 1. The fourth-order valence-electron chi connectivity index (χ4n) is 2.37. The molecule has 1 aromatic heterocycles. The molecule has 1 aromatic carbocycles. The van der Waals surface area contributed by atoms with Gasteiger partial charge in [0.05, 0.1) is 23.2 Å². The highest BCUT2D eigenvalue weighted by atomic mass is 35.5. The predicted octanol–water partition coefficient (Wildman–Crippen LogP) is 4.01. The standard InChI is InChI=1S/C15H16Cl2N4O2S/c1-2-13-19-20-14(24-13)18-15(22)21-5-6-23-12(8-21)9-3-4-10(16)11(17)7-9/h3-4,7,12H,2,5-6,8H2,1H3,(H,18,20,22). The Bertz CT molecular complexity index is 740. The molecule has 1 aliphatic heterocycles. The van der Waals surface area contributed by atoms with Crippen molar-refractivity contribution < 1.29 is 9.53 Å². The fraction of sp³-hybridized carbons (Fsp3) is 0.400. The van der Waals surface area contributed by atoms with Gasteiger partial charge >= 0.3 is 6.03 Å². The molecule has 0 radical (unpaired) electrons. The molecule has 0 spiro atoms. The molecule has 1 atom stereocenters. The highest BCUT2D eigenvalue weighted by Crippen LogP contribution is 2.29. The van der Waals surface area contributed by atoms with Crippen molar-refractivity contribution >= 4 is 45.7 Å².